The number of fused-ring (bicyclic) bond motifs is 2. The van der Waals surface area contributed by atoms with Crippen LogP contribution in [0.15, 0.2) is 89.4 Å². The van der Waals surface area contributed by atoms with Gasteiger partial charge in [-0.3, -0.25) is 19.3 Å². The number of benzene rings is 3. The average Bonchev–Trinajstić information content (AvgIpc) is 3.25. The van der Waals surface area contributed by atoms with Gasteiger partial charge in [-0.25, -0.2) is 9.78 Å². The molecule has 6 rings (SSSR count). The van der Waals surface area contributed by atoms with Crippen LogP contribution in [0.3, 0.4) is 0 Å². The molecule has 1 fully saturated rings. The van der Waals surface area contributed by atoms with Crippen LogP contribution < -0.4 is 4.90 Å². The van der Waals surface area contributed by atoms with Gasteiger partial charge in [0.05, 0.1) is 34.3 Å². The van der Waals surface area contributed by atoms with E-state index in [1.54, 1.807) is 54.6 Å². The molecule has 8 heteroatoms. The monoisotopic (exact) mass is 622 g/mol. The molecule has 210 valence electrons. The van der Waals surface area contributed by atoms with Crippen LogP contribution in [0.1, 0.15) is 39.6 Å². The van der Waals surface area contributed by atoms with Crippen LogP contribution in [0, 0.1) is 24.7 Å². The molecule has 4 aromatic rings. The minimum Gasteiger partial charge on any atom is -0.454 e. The summed E-state index contributed by atoms with van der Waals surface area (Å²) in [6, 6.07) is 21.1. The lowest BCUT2D eigenvalue weighted by molar-refractivity contribution is -0.122. The number of hydrogen-bond acceptors (Lipinski definition) is 6. The highest BCUT2D eigenvalue weighted by atomic mass is 79.9. The topological polar surface area (TPSA) is 93.6 Å². The van der Waals surface area contributed by atoms with Gasteiger partial charge >= 0.3 is 5.97 Å². The van der Waals surface area contributed by atoms with Crippen molar-refractivity contribution in [3.05, 3.63) is 106 Å². The Labute approximate surface area is 251 Å². The number of allylic oxidation sites excluding steroid dienone is 2. The van der Waals surface area contributed by atoms with Crippen molar-refractivity contribution < 1.29 is 23.9 Å². The van der Waals surface area contributed by atoms with Crippen molar-refractivity contribution in [2.45, 2.75) is 20.3 Å². The van der Waals surface area contributed by atoms with Crippen LogP contribution in [0.2, 0.25) is 0 Å². The average molecular weight is 624 g/mol. The summed E-state index contributed by atoms with van der Waals surface area (Å²) in [7, 11) is 0. The third-order valence-electron chi connectivity index (χ3n) is 7.98. The fourth-order valence-corrected chi connectivity index (χ4v) is 6.03. The maximum atomic E-state index is 13.3. The van der Waals surface area contributed by atoms with E-state index in [0.717, 1.165) is 10.0 Å². The molecule has 0 bridgehead atoms. The Morgan fingerprint density at radius 1 is 0.976 bits per heavy atom. The molecule has 3 unspecified atom stereocenters. The minimum absolute atomic E-state index is 0.0123. The Bertz CT molecular complexity index is 1780. The summed E-state index contributed by atoms with van der Waals surface area (Å²) >= 11 is 3.35. The molecular formula is C34H27BrN2O5. The van der Waals surface area contributed by atoms with Gasteiger partial charge in [0.25, 0.3) is 0 Å². The van der Waals surface area contributed by atoms with Crippen molar-refractivity contribution >= 4 is 56.1 Å². The van der Waals surface area contributed by atoms with Crippen molar-refractivity contribution in [2.75, 3.05) is 11.5 Å². The quantitative estimate of drug-likeness (QED) is 0.103. The van der Waals surface area contributed by atoms with Crippen molar-refractivity contribution in [3.8, 4) is 11.3 Å². The van der Waals surface area contributed by atoms with Crippen LogP contribution in [-0.2, 0) is 14.3 Å². The molecule has 0 saturated carbocycles. The molecule has 7 nitrogen and oxygen atoms in total. The third kappa shape index (κ3) is 5.07. The summed E-state index contributed by atoms with van der Waals surface area (Å²) in [5.41, 5.74) is 4.03. The van der Waals surface area contributed by atoms with Gasteiger partial charge in [0, 0.05) is 21.0 Å². The molecule has 42 heavy (non-hydrogen) atoms. The van der Waals surface area contributed by atoms with Crippen molar-refractivity contribution in [3.63, 3.8) is 0 Å². The molecule has 1 aromatic heterocycles. The number of ketones is 1. The highest BCUT2D eigenvalue weighted by molar-refractivity contribution is 9.10. The zero-order valence-electron chi connectivity index (χ0n) is 23.0. The predicted octanol–water partition coefficient (Wildman–Crippen LogP) is 6.71. The molecule has 0 spiro atoms. The number of esters is 1. The van der Waals surface area contributed by atoms with E-state index in [-0.39, 0.29) is 35.4 Å². The lowest BCUT2D eigenvalue weighted by Gasteiger charge is -2.22. The highest BCUT2D eigenvalue weighted by Gasteiger charge is 2.50. The number of carbonyl (C=O) groups excluding carboxylic acids is 4. The standard InChI is InChI=1S/C34H27BrN2O5/c1-19-6-15-28-26(16-19)27(34(41)42-18-30(38)22-7-11-23(35)12-8-22)17-29(36-28)21-9-13-24(14-10-21)37-32(39)25-5-3-4-20(2)31(25)33(37)40/h3-4,6-17,20,25,31H,5,18H2,1-2H3. The predicted molar refractivity (Wildman–Crippen MR) is 163 cm³/mol. The first kappa shape index (κ1) is 27.7. The lowest BCUT2D eigenvalue weighted by Crippen LogP contribution is -2.31. The minimum atomic E-state index is -0.630. The molecular weight excluding hydrogens is 596 g/mol. The number of rotatable bonds is 6. The number of aryl methyl sites for hydroxylation is 1. The maximum Gasteiger partial charge on any atom is 0.339 e. The third-order valence-corrected chi connectivity index (χ3v) is 8.51. The first-order valence-corrected chi connectivity index (χ1v) is 14.5. The Hall–Kier alpha value is -4.43. The van der Waals surface area contributed by atoms with E-state index < -0.39 is 12.6 Å². The second-order valence-electron chi connectivity index (χ2n) is 10.8. The molecule has 2 heterocycles. The Kier molecular flexibility index (Phi) is 7.33. The van der Waals surface area contributed by atoms with E-state index in [2.05, 4.69) is 15.9 Å². The highest BCUT2D eigenvalue weighted by Crippen LogP contribution is 2.40. The molecule has 0 N–H and O–H groups in total. The number of halogens is 1. The van der Waals surface area contributed by atoms with Gasteiger partial charge in [0.1, 0.15) is 0 Å². The zero-order valence-corrected chi connectivity index (χ0v) is 24.6. The Morgan fingerprint density at radius 2 is 1.71 bits per heavy atom. The van der Waals surface area contributed by atoms with E-state index in [0.29, 0.717) is 45.4 Å². The van der Waals surface area contributed by atoms with Crippen LogP contribution >= 0.6 is 15.9 Å². The number of amides is 2. The van der Waals surface area contributed by atoms with Gasteiger partial charge in [-0.15, -0.1) is 0 Å². The summed E-state index contributed by atoms with van der Waals surface area (Å²) in [5.74, 6) is -1.93. The van der Waals surface area contributed by atoms with Crippen LogP contribution in [0.25, 0.3) is 22.2 Å². The maximum absolute atomic E-state index is 13.3. The van der Waals surface area contributed by atoms with E-state index in [9.17, 15) is 19.2 Å². The van der Waals surface area contributed by atoms with Crippen molar-refractivity contribution in [1.82, 2.24) is 4.98 Å². The molecule has 2 amide bonds. The fraction of sp³-hybridized carbons (Fsp3) is 0.206. The van der Waals surface area contributed by atoms with Gasteiger partial charge in [0.15, 0.2) is 12.4 Å². The molecule has 1 aliphatic heterocycles. The largest absolute Gasteiger partial charge is 0.454 e. The number of anilines is 1. The number of Topliss-reactive ketones (excluding diaryl/α,β-unsaturated/α-hetero) is 1. The first-order valence-electron chi connectivity index (χ1n) is 13.7. The van der Waals surface area contributed by atoms with Gasteiger partial charge in [-0.2, -0.15) is 0 Å². The summed E-state index contributed by atoms with van der Waals surface area (Å²) in [5, 5.41) is 0.620. The summed E-state index contributed by atoms with van der Waals surface area (Å²) in [4.78, 5) is 58.3. The molecule has 0 radical (unpaired) electrons. The number of imide groups is 1. The molecule has 1 saturated heterocycles. The van der Waals surface area contributed by atoms with E-state index in [4.69, 9.17) is 9.72 Å². The zero-order chi connectivity index (χ0) is 29.5. The van der Waals surface area contributed by atoms with Crippen LogP contribution in [-0.4, -0.2) is 35.2 Å². The number of nitrogens with zero attached hydrogens (tertiary/aromatic N) is 2. The van der Waals surface area contributed by atoms with E-state index in [1.807, 2.05) is 44.2 Å². The Balaban J connectivity index is 1.28. The number of hydrogen-bond donors (Lipinski definition) is 0. The first-order chi connectivity index (χ1) is 20.2. The van der Waals surface area contributed by atoms with Crippen molar-refractivity contribution in [1.29, 1.82) is 0 Å². The normalized spacial score (nSPS) is 19.7. The fourth-order valence-electron chi connectivity index (χ4n) is 5.77. The number of ether oxygens (including phenoxy) is 1. The SMILES string of the molecule is Cc1ccc2nc(-c3ccc(N4C(=O)C5CC=CC(C)C5C4=O)cc3)cc(C(=O)OCC(=O)c3ccc(Br)cc3)c2c1. The smallest absolute Gasteiger partial charge is 0.339 e. The second-order valence-corrected chi connectivity index (χ2v) is 11.7. The van der Waals surface area contributed by atoms with Gasteiger partial charge < -0.3 is 4.74 Å². The molecule has 1 aliphatic carbocycles. The lowest BCUT2D eigenvalue weighted by atomic mass is 9.78. The summed E-state index contributed by atoms with van der Waals surface area (Å²) in [6.07, 6.45) is 4.56. The molecule has 3 atom stereocenters. The van der Waals surface area contributed by atoms with Gasteiger partial charge in [-0.05, 0) is 61.7 Å². The number of carbonyl (C=O) groups is 4. The summed E-state index contributed by atoms with van der Waals surface area (Å²) in [6.45, 7) is 3.50. The van der Waals surface area contributed by atoms with Crippen LogP contribution in [0.4, 0.5) is 5.69 Å². The van der Waals surface area contributed by atoms with Gasteiger partial charge in [-0.1, -0.05) is 70.9 Å². The van der Waals surface area contributed by atoms with E-state index in [1.165, 1.54) is 4.90 Å². The van der Waals surface area contributed by atoms with Crippen molar-refractivity contribution in [2.24, 2.45) is 17.8 Å². The van der Waals surface area contributed by atoms with Gasteiger partial charge in [0.2, 0.25) is 11.8 Å². The summed E-state index contributed by atoms with van der Waals surface area (Å²) < 4.78 is 6.31. The molecule has 3 aromatic carbocycles. The Morgan fingerprint density at radius 3 is 2.43 bits per heavy atom. The van der Waals surface area contributed by atoms with E-state index >= 15 is 0 Å². The van der Waals surface area contributed by atoms with Crippen LogP contribution in [0.5, 0.6) is 0 Å². The second kappa shape index (κ2) is 11.1. The number of pyridine rings is 1. The number of aromatic nitrogens is 1. The molecule has 2 aliphatic rings.